The minimum absolute atomic E-state index is 0.0116. The molecule has 4 heteroatoms. The maximum Gasteiger partial charge on any atom is 0.228 e. The molecule has 12 heavy (non-hydrogen) atoms. The summed E-state index contributed by atoms with van der Waals surface area (Å²) in [6.07, 6.45) is 0.612. The standard InChI is InChI=1S/C8H13NO3/c1-4-7-5(9-8(7)10)3-6(11-2)12-4/h4-7H,3H2,1-2H3,(H,9,10)/t4-,5-,6+,7+/m1/s1. The van der Waals surface area contributed by atoms with E-state index in [9.17, 15) is 4.79 Å². The molecule has 4 nitrogen and oxygen atoms in total. The van der Waals surface area contributed by atoms with Crippen molar-refractivity contribution in [3.63, 3.8) is 0 Å². The van der Waals surface area contributed by atoms with E-state index in [-0.39, 0.29) is 30.3 Å². The SMILES string of the molecule is CO[C@@H]1C[C@H]2NC(=O)[C@H]2[C@@H](C)O1. The molecule has 2 saturated heterocycles. The predicted octanol–water partition coefficient (Wildman–Crippen LogP) is -0.118. The maximum absolute atomic E-state index is 11.0. The first-order chi connectivity index (χ1) is 5.72. The monoisotopic (exact) mass is 171 g/mol. The van der Waals surface area contributed by atoms with E-state index < -0.39 is 0 Å². The van der Waals surface area contributed by atoms with Crippen LogP contribution in [-0.2, 0) is 14.3 Å². The Bertz CT molecular complexity index is 198. The minimum atomic E-state index is -0.151. The molecule has 0 aromatic rings. The predicted molar refractivity (Wildman–Crippen MR) is 41.4 cm³/mol. The highest BCUT2D eigenvalue weighted by molar-refractivity contribution is 5.86. The van der Waals surface area contributed by atoms with E-state index in [0.29, 0.717) is 0 Å². The van der Waals surface area contributed by atoms with E-state index in [4.69, 9.17) is 9.47 Å². The number of nitrogens with one attached hydrogen (secondary N) is 1. The van der Waals surface area contributed by atoms with Crippen LogP contribution in [0, 0.1) is 5.92 Å². The summed E-state index contributed by atoms with van der Waals surface area (Å²) in [7, 11) is 1.62. The fourth-order valence-corrected chi connectivity index (χ4v) is 1.94. The van der Waals surface area contributed by atoms with Gasteiger partial charge in [0.05, 0.1) is 12.0 Å². The Morgan fingerprint density at radius 3 is 2.92 bits per heavy atom. The molecule has 0 aromatic carbocycles. The van der Waals surface area contributed by atoms with Gasteiger partial charge in [-0.3, -0.25) is 4.79 Å². The lowest BCUT2D eigenvalue weighted by atomic mass is 9.82. The molecule has 1 N–H and O–H groups in total. The van der Waals surface area contributed by atoms with E-state index in [1.54, 1.807) is 7.11 Å². The van der Waals surface area contributed by atoms with Crippen LogP contribution < -0.4 is 5.32 Å². The summed E-state index contributed by atoms with van der Waals surface area (Å²) in [5, 5.41) is 2.84. The number of amides is 1. The summed E-state index contributed by atoms with van der Waals surface area (Å²) in [5.74, 6) is 0.165. The van der Waals surface area contributed by atoms with Gasteiger partial charge in [0.1, 0.15) is 0 Å². The number of hydrogen-bond donors (Lipinski definition) is 1. The molecule has 2 fully saturated rings. The number of carbonyl (C=O) groups is 1. The van der Waals surface area contributed by atoms with Crippen LogP contribution in [0.25, 0.3) is 0 Å². The van der Waals surface area contributed by atoms with Crippen molar-refractivity contribution in [2.24, 2.45) is 5.92 Å². The van der Waals surface area contributed by atoms with Crippen LogP contribution in [0.15, 0.2) is 0 Å². The number of fused-ring (bicyclic) bond motifs is 1. The molecule has 4 atom stereocenters. The van der Waals surface area contributed by atoms with Gasteiger partial charge in [-0.25, -0.2) is 0 Å². The molecule has 0 aromatic heterocycles. The number of rotatable bonds is 1. The summed E-state index contributed by atoms with van der Waals surface area (Å²) >= 11 is 0. The number of β-lactam (4-membered cyclic amide) rings is 1. The third-order valence-corrected chi connectivity index (χ3v) is 2.65. The fourth-order valence-electron chi connectivity index (χ4n) is 1.94. The first kappa shape index (κ1) is 8.01. The molecule has 0 spiro atoms. The Labute approximate surface area is 71.2 Å². The summed E-state index contributed by atoms with van der Waals surface area (Å²) in [6.45, 7) is 1.92. The Morgan fingerprint density at radius 2 is 2.42 bits per heavy atom. The first-order valence-electron chi connectivity index (χ1n) is 4.21. The molecule has 2 aliphatic heterocycles. The highest BCUT2D eigenvalue weighted by atomic mass is 16.7. The zero-order valence-corrected chi connectivity index (χ0v) is 7.24. The smallest absolute Gasteiger partial charge is 0.228 e. The molecule has 0 radical (unpaired) electrons. The van der Waals surface area contributed by atoms with Crippen LogP contribution in [-0.4, -0.2) is 31.5 Å². The van der Waals surface area contributed by atoms with Gasteiger partial charge in [-0.05, 0) is 6.92 Å². The quantitative estimate of drug-likeness (QED) is 0.560. The summed E-state index contributed by atoms with van der Waals surface area (Å²) in [6, 6.07) is 0.270. The summed E-state index contributed by atoms with van der Waals surface area (Å²) < 4.78 is 10.5. The van der Waals surface area contributed by atoms with Gasteiger partial charge in [0, 0.05) is 19.6 Å². The maximum atomic E-state index is 11.0. The molecule has 0 bridgehead atoms. The van der Waals surface area contributed by atoms with Gasteiger partial charge in [0.2, 0.25) is 5.91 Å². The van der Waals surface area contributed by atoms with Crippen LogP contribution >= 0.6 is 0 Å². The van der Waals surface area contributed by atoms with E-state index in [1.165, 1.54) is 0 Å². The van der Waals surface area contributed by atoms with Crippen LogP contribution in [0.3, 0.4) is 0 Å². The van der Waals surface area contributed by atoms with Gasteiger partial charge in [0.15, 0.2) is 6.29 Å². The van der Waals surface area contributed by atoms with Crippen LogP contribution in [0.2, 0.25) is 0 Å². The third kappa shape index (κ3) is 1.03. The van der Waals surface area contributed by atoms with Crippen molar-refractivity contribution in [2.45, 2.75) is 31.8 Å². The zero-order valence-electron chi connectivity index (χ0n) is 7.24. The Kier molecular flexibility index (Phi) is 1.81. The van der Waals surface area contributed by atoms with Crippen molar-refractivity contribution in [1.82, 2.24) is 5.32 Å². The summed E-state index contributed by atoms with van der Waals surface area (Å²) in [4.78, 5) is 11.0. The van der Waals surface area contributed by atoms with Gasteiger partial charge in [0.25, 0.3) is 0 Å². The second kappa shape index (κ2) is 2.71. The third-order valence-electron chi connectivity index (χ3n) is 2.65. The lowest BCUT2D eigenvalue weighted by Crippen LogP contribution is -2.66. The minimum Gasteiger partial charge on any atom is -0.356 e. The van der Waals surface area contributed by atoms with Crippen molar-refractivity contribution in [2.75, 3.05) is 7.11 Å². The van der Waals surface area contributed by atoms with Crippen molar-refractivity contribution in [3.8, 4) is 0 Å². The van der Waals surface area contributed by atoms with Crippen LogP contribution in [0.5, 0.6) is 0 Å². The van der Waals surface area contributed by atoms with Gasteiger partial charge in [-0.15, -0.1) is 0 Å². The van der Waals surface area contributed by atoms with Crippen molar-refractivity contribution < 1.29 is 14.3 Å². The van der Waals surface area contributed by atoms with Crippen molar-refractivity contribution >= 4 is 5.91 Å². The number of hydrogen-bond acceptors (Lipinski definition) is 3. The van der Waals surface area contributed by atoms with Crippen molar-refractivity contribution in [3.05, 3.63) is 0 Å². The van der Waals surface area contributed by atoms with Crippen LogP contribution in [0.4, 0.5) is 0 Å². The first-order valence-corrected chi connectivity index (χ1v) is 4.21. The second-order valence-corrected chi connectivity index (χ2v) is 3.38. The molecule has 0 unspecified atom stereocenters. The largest absolute Gasteiger partial charge is 0.356 e. The number of ether oxygens (including phenoxy) is 2. The topological polar surface area (TPSA) is 47.6 Å². The molecule has 2 aliphatic rings. The Morgan fingerprint density at radius 1 is 1.67 bits per heavy atom. The van der Waals surface area contributed by atoms with Crippen molar-refractivity contribution in [1.29, 1.82) is 0 Å². The Balaban J connectivity index is 2.01. The zero-order chi connectivity index (χ0) is 8.72. The number of carbonyl (C=O) groups excluding carboxylic acids is 1. The molecule has 0 aliphatic carbocycles. The van der Waals surface area contributed by atoms with Gasteiger partial charge in [-0.2, -0.15) is 0 Å². The van der Waals surface area contributed by atoms with E-state index >= 15 is 0 Å². The average molecular weight is 171 g/mol. The second-order valence-electron chi connectivity index (χ2n) is 3.38. The fraction of sp³-hybridized carbons (Fsp3) is 0.875. The molecular formula is C8H13NO3. The molecule has 0 saturated carbocycles. The van der Waals surface area contributed by atoms with Gasteiger partial charge < -0.3 is 14.8 Å². The molecule has 68 valence electrons. The van der Waals surface area contributed by atoms with Gasteiger partial charge >= 0.3 is 0 Å². The highest BCUT2D eigenvalue weighted by Crippen LogP contribution is 2.31. The van der Waals surface area contributed by atoms with E-state index in [0.717, 1.165) is 6.42 Å². The highest BCUT2D eigenvalue weighted by Gasteiger charge is 2.48. The molecular weight excluding hydrogens is 158 g/mol. The van der Waals surface area contributed by atoms with E-state index in [1.807, 2.05) is 6.92 Å². The lowest BCUT2D eigenvalue weighted by molar-refractivity contribution is -0.214. The van der Waals surface area contributed by atoms with E-state index in [2.05, 4.69) is 5.32 Å². The molecule has 1 amide bonds. The van der Waals surface area contributed by atoms with Gasteiger partial charge in [-0.1, -0.05) is 0 Å². The average Bonchev–Trinajstić information content (AvgIpc) is 2.00. The Hall–Kier alpha value is -0.610. The lowest BCUT2D eigenvalue weighted by Gasteiger charge is -2.46. The number of methoxy groups -OCH3 is 1. The molecule has 2 heterocycles. The summed E-state index contributed by atoms with van der Waals surface area (Å²) in [5.41, 5.74) is 0. The normalized spacial score (nSPS) is 46.0. The van der Waals surface area contributed by atoms with Crippen LogP contribution in [0.1, 0.15) is 13.3 Å². The molecule has 2 rings (SSSR count).